The molecule has 10 heteroatoms. The van der Waals surface area contributed by atoms with Crippen molar-refractivity contribution in [1.29, 1.82) is 0 Å². The van der Waals surface area contributed by atoms with E-state index >= 15 is 0 Å². The molecule has 0 radical (unpaired) electrons. The minimum atomic E-state index is -1.04. The maximum atomic E-state index is 13.4. The number of ketones is 2. The SMILES string of the molecule is COC(=O)N1C(=O)[C@H]2[C@H](CC=C3[C@H](c4cc(Br)c(O)c(OC)c4)C4=C(C[C@H]32)C(=O)C=C(C)C4=O)C1=O. The number of Topliss-reactive ketones (excluding diaryl/α,β-unsaturated/α-hetero) is 1. The zero-order chi connectivity index (χ0) is 26.0. The van der Waals surface area contributed by atoms with Gasteiger partial charge in [0.15, 0.2) is 23.1 Å². The monoisotopic (exact) mass is 555 g/mol. The molecule has 186 valence electrons. The Balaban J connectivity index is 1.71. The number of rotatable bonds is 2. The number of benzene rings is 1. The summed E-state index contributed by atoms with van der Waals surface area (Å²) in [5.74, 6) is -4.76. The number of carbonyl (C=O) groups excluding carboxylic acids is 5. The number of phenolic OH excluding ortho intramolecular Hbond substituents is 1. The van der Waals surface area contributed by atoms with Crippen LogP contribution in [0.5, 0.6) is 11.5 Å². The number of phenols is 1. The maximum absolute atomic E-state index is 13.4. The molecule has 3 aliphatic carbocycles. The smallest absolute Gasteiger partial charge is 0.423 e. The van der Waals surface area contributed by atoms with Crippen molar-refractivity contribution in [2.75, 3.05) is 14.2 Å². The van der Waals surface area contributed by atoms with Gasteiger partial charge in [0.25, 0.3) is 0 Å². The van der Waals surface area contributed by atoms with Crippen molar-refractivity contribution in [3.63, 3.8) is 0 Å². The number of imide groups is 3. The molecule has 4 aliphatic rings. The van der Waals surface area contributed by atoms with Crippen LogP contribution in [-0.2, 0) is 23.9 Å². The summed E-state index contributed by atoms with van der Waals surface area (Å²) in [7, 11) is 2.50. The fourth-order valence-corrected chi connectivity index (χ4v) is 6.39. The van der Waals surface area contributed by atoms with Crippen LogP contribution in [0.2, 0.25) is 0 Å². The number of allylic oxidation sites excluding steroid dienone is 6. The Morgan fingerprint density at radius 3 is 2.50 bits per heavy atom. The fraction of sp³-hybridized carbons (Fsp3) is 0.346. The number of hydrogen-bond donors (Lipinski definition) is 1. The third kappa shape index (κ3) is 3.31. The van der Waals surface area contributed by atoms with E-state index in [9.17, 15) is 29.1 Å². The second-order valence-electron chi connectivity index (χ2n) is 9.26. The number of carbonyl (C=O) groups is 5. The highest BCUT2D eigenvalue weighted by Gasteiger charge is 2.58. The molecule has 1 fully saturated rings. The second-order valence-corrected chi connectivity index (χ2v) is 10.1. The number of likely N-dealkylation sites (tertiary alicyclic amines) is 1. The summed E-state index contributed by atoms with van der Waals surface area (Å²) < 4.78 is 10.3. The van der Waals surface area contributed by atoms with Gasteiger partial charge in [0.1, 0.15) is 0 Å². The van der Waals surface area contributed by atoms with Crippen LogP contribution in [-0.4, -0.2) is 53.7 Å². The number of nitrogens with zero attached hydrogens (tertiary/aromatic N) is 1. The van der Waals surface area contributed by atoms with Crippen LogP contribution in [0.25, 0.3) is 0 Å². The largest absolute Gasteiger partial charge is 0.503 e. The van der Waals surface area contributed by atoms with Crippen molar-refractivity contribution in [2.45, 2.75) is 25.7 Å². The number of fused-ring (bicyclic) bond motifs is 3. The van der Waals surface area contributed by atoms with E-state index in [1.807, 2.05) is 6.08 Å². The van der Waals surface area contributed by atoms with E-state index in [1.165, 1.54) is 13.2 Å². The first kappa shape index (κ1) is 24.2. The number of hydrogen-bond acceptors (Lipinski definition) is 8. The Morgan fingerprint density at radius 1 is 1.11 bits per heavy atom. The average Bonchev–Trinajstić information content (AvgIpc) is 3.12. The normalized spacial score (nSPS) is 27.3. The summed E-state index contributed by atoms with van der Waals surface area (Å²) in [5.41, 5.74) is 2.22. The highest BCUT2D eigenvalue weighted by atomic mass is 79.9. The van der Waals surface area contributed by atoms with Crippen molar-refractivity contribution >= 4 is 45.4 Å². The zero-order valence-corrected chi connectivity index (χ0v) is 21.2. The number of amides is 3. The molecule has 36 heavy (non-hydrogen) atoms. The third-order valence-corrected chi connectivity index (χ3v) is 8.13. The van der Waals surface area contributed by atoms with Gasteiger partial charge in [-0.1, -0.05) is 11.6 Å². The average molecular weight is 556 g/mol. The molecule has 0 aromatic heterocycles. The lowest BCUT2D eigenvalue weighted by Gasteiger charge is -2.42. The molecular weight excluding hydrogens is 534 g/mol. The molecule has 0 saturated carbocycles. The lowest BCUT2D eigenvalue weighted by atomic mass is 9.59. The van der Waals surface area contributed by atoms with E-state index in [0.717, 1.165) is 12.7 Å². The molecule has 3 amide bonds. The molecule has 1 aliphatic heterocycles. The summed E-state index contributed by atoms with van der Waals surface area (Å²) in [5, 5.41) is 10.4. The molecular formula is C26H22BrNO8. The van der Waals surface area contributed by atoms with Crippen molar-refractivity contribution in [3.05, 3.63) is 56.6 Å². The Kier molecular flexibility index (Phi) is 5.74. The van der Waals surface area contributed by atoms with Crippen molar-refractivity contribution in [3.8, 4) is 11.5 Å². The van der Waals surface area contributed by atoms with Crippen LogP contribution in [0, 0.1) is 17.8 Å². The fourth-order valence-electron chi connectivity index (χ4n) is 5.93. The molecule has 5 rings (SSSR count). The van der Waals surface area contributed by atoms with Gasteiger partial charge in [-0.15, -0.1) is 0 Å². The Hall–Kier alpha value is -3.53. The van der Waals surface area contributed by atoms with E-state index in [4.69, 9.17) is 4.74 Å². The first-order valence-corrected chi connectivity index (χ1v) is 12.1. The standard InChI is InChI=1S/C26H22BrNO8/c1-10-6-17(29)15-9-14-12(4-5-13-20(14)25(33)28(24(13)32)26(34)36-3)19(21(15)22(10)30)11-7-16(27)23(31)18(8-11)35-2/h4,6-8,13-14,19-20,31H,5,9H2,1-3H3/t13-,14+,19-,20-/m0/s1. The maximum Gasteiger partial charge on any atom is 0.423 e. The highest BCUT2D eigenvalue weighted by Crippen LogP contribution is 2.56. The van der Waals surface area contributed by atoms with Crippen LogP contribution in [0.4, 0.5) is 4.79 Å². The molecule has 0 spiro atoms. The van der Waals surface area contributed by atoms with Gasteiger partial charge in [0.2, 0.25) is 11.8 Å². The molecule has 4 atom stereocenters. The second kappa shape index (κ2) is 8.55. The molecule has 1 aromatic rings. The summed E-state index contributed by atoms with van der Waals surface area (Å²) in [4.78, 5) is 65.6. The van der Waals surface area contributed by atoms with Gasteiger partial charge < -0.3 is 14.6 Å². The van der Waals surface area contributed by atoms with Gasteiger partial charge in [-0.25, -0.2) is 4.79 Å². The molecule has 1 heterocycles. The highest BCUT2D eigenvalue weighted by molar-refractivity contribution is 9.10. The van der Waals surface area contributed by atoms with Gasteiger partial charge in [0.05, 0.1) is 30.5 Å². The first-order chi connectivity index (χ1) is 17.1. The number of aromatic hydroxyl groups is 1. The number of ether oxygens (including phenoxy) is 2. The van der Waals surface area contributed by atoms with Crippen LogP contribution in [0.3, 0.4) is 0 Å². The molecule has 0 bridgehead atoms. The van der Waals surface area contributed by atoms with Crippen LogP contribution < -0.4 is 4.74 Å². The quantitative estimate of drug-likeness (QED) is 0.334. The summed E-state index contributed by atoms with van der Waals surface area (Å²) in [6, 6.07) is 3.24. The predicted molar refractivity (Wildman–Crippen MR) is 128 cm³/mol. The molecule has 0 unspecified atom stereocenters. The Morgan fingerprint density at radius 2 is 1.83 bits per heavy atom. The summed E-state index contributed by atoms with van der Waals surface area (Å²) in [6.07, 6.45) is 2.38. The van der Waals surface area contributed by atoms with Gasteiger partial charge >= 0.3 is 6.09 Å². The molecule has 1 aromatic carbocycles. The predicted octanol–water partition coefficient (Wildman–Crippen LogP) is 3.36. The van der Waals surface area contributed by atoms with E-state index in [1.54, 1.807) is 19.1 Å². The zero-order valence-electron chi connectivity index (χ0n) is 19.7. The summed E-state index contributed by atoms with van der Waals surface area (Å²) in [6.45, 7) is 1.58. The van der Waals surface area contributed by atoms with Gasteiger partial charge in [-0.2, -0.15) is 4.90 Å². The van der Waals surface area contributed by atoms with Crippen molar-refractivity contribution < 1.29 is 38.6 Å². The van der Waals surface area contributed by atoms with E-state index in [0.29, 0.717) is 31.7 Å². The first-order valence-electron chi connectivity index (χ1n) is 11.3. The third-order valence-electron chi connectivity index (χ3n) is 7.53. The van der Waals surface area contributed by atoms with Gasteiger partial charge in [0, 0.05) is 22.6 Å². The van der Waals surface area contributed by atoms with Crippen LogP contribution >= 0.6 is 15.9 Å². The lowest BCUT2D eigenvalue weighted by Crippen LogP contribution is -2.40. The van der Waals surface area contributed by atoms with E-state index < -0.39 is 41.6 Å². The lowest BCUT2D eigenvalue weighted by molar-refractivity contribution is -0.137. The minimum absolute atomic E-state index is 0.0948. The Labute approximate surface area is 214 Å². The van der Waals surface area contributed by atoms with Crippen molar-refractivity contribution in [1.82, 2.24) is 4.90 Å². The van der Waals surface area contributed by atoms with Crippen LogP contribution in [0.15, 0.2) is 51.0 Å². The number of halogens is 1. The minimum Gasteiger partial charge on any atom is -0.503 e. The van der Waals surface area contributed by atoms with E-state index in [2.05, 4.69) is 20.7 Å². The molecule has 1 saturated heterocycles. The topological polar surface area (TPSA) is 127 Å². The Bertz CT molecular complexity index is 1370. The van der Waals surface area contributed by atoms with E-state index in [-0.39, 0.29) is 35.9 Å². The van der Waals surface area contributed by atoms with Gasteiger partial charge in [-0.05, 0) is 65.4 Å². The van der Waals surface area contributed by atoms with Crippen molar-refractivity contribution in [2.24, 2.45) is 17.8 Å². The molecule has 9 nitrogen and oxygen atoms in total. The van der Waals surface area contributed by atoms with Crippen LogP contribution in [0.1, 0.15) is 31.2 Å². The summed E-state index contributed by atoms with van der Waals surface area (Å²) >= 11 is 3.33. The number of methoxy groups -OCH3 is 2. The molecule has 1 N–H and O–H groups in total. The van der Waals surface area contributed by atoms with Gasteiger partial charge in [-0.3, -0.25) is 19.2 Å².